The van der Waals surface area contributed by atoms with Gasteiger partial charge in [0.1, 0.15) is 10.6 Å². The number of hydrogen-bond donors (Lipinski definition) is 0. The lowest BCUT2D eigenvalue weighted by Gasteiger charge is -2.17. The molecule has 7 nitrogen and oxygen atoms in total. The van der Waals surface area contributed by atoms with Crippen LogP contribution in [0.3, 0.4) is 0 Å². The number of nitrogens with zero attached hydrogens (tertiary/aromatic N) is 2. The first-order valence-corrected chi connectivity index (χ1v) is 8.85. The minimum Gasteiger partial charge on any atom is -0.493 e. The lowest BCUT2D eigenvalue weighted by Crippen LogP contribution is -2.29. The number of likely N-dealkylation sites (N-methyl/N-ethyl adjacent to an activating group) is 1. The Morgan fingerprint density at radius 1 is 1.17 bits per heavy atom. The SMILES string of the molecule is COc1ccc(CCN(C)S(=O)(=O)c2c(C)noc2C)cc1OC. The van der Waals surface area contributed by atoms with E-state index in [1.165, 1.54) is 4.31 Å². The van der Waals surface area contributed by atoms with Crippen molar-refractivity contribution in [3.63, 3.8) is 0 Å². The molecule has 0 N–H and O–H groups in total. The first-order valence-electron chi connectivity index (χ1n) is 7.41. The van der Waals surface area contributed by atoms with Gasteiger partial charge < -0.3 is 14.0 Å². The van der Waals surface area contributed by atoms with Crippen molar-refractivity contribution in [1.82, 2.24) is 9.46 Å². The molecule has 0 aliphatic heterocycles. The topological polar surface area (TPSA) is 81.9 Å². The normalized spacial score (nSPS) is 11.8. The average Bonchev–Trinajstić information content (AvgIpc) is 2.91. The van der Waals surface area contributed by atoms with E-state index in [2.05, 4.69) is 5.16 Å². The third-order valence-corrected chi connectivity index (χ3v) is 5.90. The molecule has 1 aromatic carbocycles. The average molecular weight is 354 g/mol. The van der Waals surface area contributed by atoms with Crippen LogP contribution in [0.25, 0.3) is 0 Å². The van der Waals surface area contributed by atoms with Gasteiger partial charge in [-0.3, -0.25) is 0 Å². The molecule has 0 aliphatic rings. The van der Waals surface area contributed by atoms with Crippen molar-refractivity contribution in [3.05, 3.63) is 35.2 Å². The minimum absolute atomic E-state index is 0.136. The number of sulfonamides is 1. The molecule has 0 saturated heterocycles. The van der Waals surface area contributed by atoms with Gasteiger partial charge in [-0.05, 0) is 38.0 Å². The lowest BCUT2D eigenvalue weighted by molar-refractivity contribution is 0.354. The van der Waals surface area contributed by atoms with Gasteiger partial charge in [-0.25, -0.2) is 12.7 Å². The molecule has 2 aromatic rings. The van der Waals surface area contributed by atoms with Gasteiger partial charge in [-0.15, -0.1) is 0 Å². The highest BCUT2D eigenvalue weighted by Gasteiger charge is 2.28. The summed E-state index contributed by atoms with van der Waals surface area (Å²) in [6.45, 7) is 3.53. The van der Waals surface area contributed by atoms with Crippen LogP contribution < -0.4 is 9.47 Å². The predicted molar refractivity (Wildman–Crippen MR) is 89.0 cm³/mol. The Bertz CT molecular complexity index is 794. The summed E-state index contributed by atoms with van der Waals surface area (Å²) in [7, 11) is 1.05. The van der Waals surface area contributed by atoms with Crippen molar-refractivity contribution in [2.45, 2.75) is 25.2 Å². The molecule has 0 atom stereocenters. The third-order valence-electron chi connectivity index (χ3n) is 3.80. The van der Waals surface area contributed by atoms with Crippen LogP contribution >= 0.6 is 0 Å². The van der Waals surface area contributed by atoms with Gasteiger partial charge >= 0.3 is 0 Å². The molecule has 2 rings (SSSR count). The quantitative estimate of drug-likeness (QED) is 0.758. The molecule has 0 fully saturated rings. The summed E-state index contributed by atoms with van der Waals surface area (Å²) < 4.78 is 42.0. The third kappa shape index (κ3) is 3.54. The summed E-state index contributed by atoms with van der Waals surface area (Å²) in [5, 5.41) is 3.71. The summed E-state index contributed by atoms with van der Waals surface area (Å²) in [6.07, 6.45) is 0.541. The summed E-state index contributed by atoms with van der Waals surface area (Å²) in [5.41, 5.74) is 1.32. The van der Waals surface area contributed by atoms with Crippen molar-refractivity contribution in [2.75, 3.05) is 27.8 Å². The first kappa shape index (κ1) is 18.3. The van der Waals surface area contributed by atoms with Crippen molar-refractivity contribution in [3.8, 4) is 11.5 Å². The lowest BCUT2D eigenvalue weighted by atomic mass is 10.1. The minimum atomic E-state index is -3.63. The zero-order valence-electron chi connectivity index (χ0n) is 14.5. The van der Waals surface area contributed by atoms with Crippen LogP contribution in [0.1, 0.15) is 17.0 Å². The van der Waals surface area contributed by atoms with E-state index < -0.39 is 10.0 Å². The largest absolute Gasteiger partial charge is 0.493 e. The number of benzene rings is 1. The van der Waals surface area contributed by atoms with Crippen LogP contribution in [0.15, 0.2) is 27.6 Å². The number of ether oxygens (including phenoxy) is 2. The first-order chi connectivity index (χ1) is 11.3. The Hall–Kier alpha value is -2.06. The van der Waals surface area contributed by atoms with Gasteiger partial charge in [0.05, 0.1) is 14.2 Å². The van der Waals surface area contributed by atoms with Crippen molar-refractivity contribution < 1.29 is 22.4 Å². The summed E-state index contributed by atoms with van der Waals surface area (Å²) in [6, 6.07) is 5.53. The predicted octanol–water partition coefficient (Wildman–Crippen LogP) is 2.17. The fraction of sp³-hybridized carbons (Fsp3) is 0.438. The molecular formula is C16H22N2O5S. The second-order valence-electron chi connectivity index (χ2n) is 5.42. The van der Waals surface area contributed by atoms with Crippen LogP contribution in [0, 0.1) is 13.8 Å². The van der Waals surface area contributed by atoms with Gasteiger partial charge in [0, 0.05) is 13.6 Å². The summed E-state index contributed by atoms with van der Waals surface area (Å²) >= 11 is 0. The molecular weight excluding hydrogens is 332 g/mol. The molecule has 0 amide bonds. The van der Waals surface area contributed by atoms with Crippen LogP contribution in [0.2, 0.25) is 0 Å². The second-order valence-corrected chi connectivity index (χ2v) is 7.40. The van der Waals surface area contributed by atoms with Crippen LogP contribution in [0.4, 0.5) is 0 Å². The number of rotatable bonds is 7. The Balaban J connectivity index is 2.14. The van der Waals surface area contributed by atoms with Gasteiger partial charge in [0.2, 0.25) is 10.0 Å². The molecule has 0 aliphatic carbocycles. The standard InChI is InChI=1S/C16H22N2O5S/c1-11-16(12(2)23-17-11)24(19,20)18(3)9-8-13-6-7-14(21-4)15(10-13)22-5/h6-7,10H,8-9H2,1-5H3. The number of methoxy groups -OCH3 is 2. The molecule has 0 bridgehead atoms. The van der Waals surface area contributed by atoms with Crippen molar-refractivity contribution in [2.24, 2.45) is 0 Å². The zero-order chi connectivity index (χ0) is 17.9. The van der Waals surface area contributed by atoms with E-state index in [0.29, 0.717) is 35.9 Å². The van der Waals surface area contributed by atoms with Gasteiger partial charge in [0.25, 0.3) is 0 Å². The highest BCUT2D eigenvalue weighted by atomic mass is 32.2. The van der Waals surface area contributed by atoms with Crippen LogP contribution in [0.5, 0.6) is 11.5 Å². The Labute approximate surface area is 142 Å². The highest BCUT2D eigenvalue weighted by Crippen LogP contribution is 2.28. The number of hydrogen-bond acceptors (Lipinski definition) is 6. The summed E-state index contributed by atoms with van der Waals surface area (Å²) in [4.78, 5) is 0.136. The van der Waals surface area contributed by atoms with Crippen LogP contribution in [-0.2, 0) is 16.4 Å². The fourth-order valence-electron chi connectivity index (χ4n) is 2.44. The molecule has 0 unspecified atom stereocenters. The molecule has 1 aromatic heterocycles. The zero-order valence-corrected chi connectivity index (χ0v) is 15.3. The van der Waals surface area contributed by atoms with E-state index in [4.69, 9.17) is 14.0 Å². The monoisotopic (exact) mass is 354 g/mol. The molecule has 0 radical (unpaired) electrons. The Kier molecular flexibility index (Phi) is 5.51. The molecule has 0 spiro atoms. The molecule has 1 heterocycles. The second kappa shape index (κ2) is 7.23. The van der Waals surface area contributed by atoms with Gasteiger partial charge in [-0.1, -0.05) is 11.2 Å². The Morgan fingerprint density at radius 3 is 2.38 bits per heavy atom. The number of aromatic nitrogens is 1. The molecule has 0 saturated carbocycles. The van der Waals surface area contributed by atoms with Gasteiger partial charge in [-0.2, -0.15) is 0 Å². The Morgan fingerprint density at radius 2 is 1.83 bits per heavy atom. The van der Waals surface area contributed by atoms with E-state index in [-0.39, 0.29) is 4.90 Å². The van der Waals surface area contributed by atoms with E-state index in [1.807, 2.05) is 12.1 Å². The summed E-state index contributed by atoms with van der Waals surface area (Å²) in [5.74, 6) is 1.55. The number of aryl methyl sites for hydroxylation is 2. The maximum atomic E-state index is 12.7. The molecule has 132 valence electrons. The van der Waals surface area contributed by atoms with Crippen molar-refractivity contribution in [1.29, 1.82) is 0 Å². The van der Waals surface area contributed by atoms with E-state index in [0.717, 1.165) is 5.56 Å². The van der Waals surface area contributed by atoms with Crippen LogP contribution in [-0.4, -0.2) is 45.7 Å². The highest BCUT2D eigenvalue weighted by molar-refractivity contribution is 7.89. The maximum absolute atomic E-state index is 12.7. The fourth-order valence-corrected chi connectivity index (χ4v) is 3.90. The van der Waals surface area contributed by atoms with E-state index in [1.54, 1.807) is 41.2 Å². The molecule has 8 heteroatoms. The van der Waals surface area contributed by atoms with Crippen molar-refractivity contribution >= 4 is 10.0 Å². The van der Waals surface area contributed by atoms with Gasteiger partial charge in [0.15, 0.2) is 17.3 Å². The van der Waals surface area contributed by atoms with E-state index >= 15 is 0 Å². The molecule has 24 heavy (non-hydrogen) atoms. The smallest absolute Gasteiger partial charge is 0.248 e. The van der Waals surface area contributed by atoms with E-state index in [9.17, 15) is 8.42 Å². The maximum Gasteiger partial charge on any atom is 0.248 e.